The lowest BCUT2D eigenvalue weighted by Crippen LogP contribution is -2.16. The Labute approximate surface area is 126 Å². The Balaban J connectivity index is 2.15. The molecule has 1 aromatic carbocycles. The van der Waals surface area contributed by atoms with Gasteiger partial charge in [-0.15, -0.1) is 10.2 Å². The van der Waals surface area contributed by atoms with Gasteiger partial charge in [0.1, 0.15) is 6.33 Å². The van der Waals surface area contributed by atoms with Gasteiger partial charge in [-0.25, -0.2) is 4.79 Å². The number of hydrogen-bond acceptors (Lipinski definition) is 7. The number of nitrogens with zero attached hydrogens (tertiary/aromatic N) is 4. The first kappa shape index (κ1) is 15.0. The predicted molar refractivity (Wildman–Crippen MR) is 81.0 cm³/mol. The van der Waals surface area contributed by atoms with Crippen LogP contribution in [0.15, 0.2) is 46.9 Å². The lowest BCUT2D eigenvalue weighted by atomic mass is 10.3. The number of aryl methyl sites for hydroxylation is 1. The van der Waals surface area contributed by atoms with Gasteiger partial charge in [-0.2, -0.15) is 5.10 Å². The van der Waals surface area contributed by atoms with Gasteiger partial charge in [0.2, 0.25) is 5.04 Å². The zero-order valence-corrected chi connectivity index (χ0v) is 12.5. The topological polar surface area (TPSA) is 81.4 Å². The van der Waals surface area contributed by atoms with Gasteiger partial charge in [-0.1, -0.05) is 18.2 Å². The van der Waals surface area contributed by atoms with Crippen LogP contribution in [0.3, 0.4) is 0 Å². The van der Waals surface area contributed by atoms with Crippen molar-refractivity contribution in [2.24, 2.45) is 12.1 Å². The molecule has 2 aromatic rings. The second-order valence-corrected chi connectivity index (χ2v) is 4.90. The van der Waals surface area contributed by atoms with E-state index in [-0.39, 0.29) is 11.7 Å². The molecule has 0 radical (unpaired) electrons. The van der Waals surface area contributed by atoms with Crippen molar-refractivity contribution in [3.63, 3.8) is 0 Å². The summed E-state index contributed by atoms with van der Waals surface area (Å²) in [5.41, 5.74) is 3.60. The molecule has 1 aromatic heterocycles. The van der Waals surface area contributed by atoms with Gasteiger partial charge in [0.25, 0.3) is 0 Å². The molecule has 1 heterocycles. The highest BCUT2D eigenvalue weighted by Crippen LogP contribution is 2.17. The maximum atomic E-state index is 11.9. The maximum absolute atomic E-state index is 11.9. The largest absolute Gasteiger partial charge is 0.461 e. The maximum Gasteiger partial charge on any atom is 0.365 e. The van der Waals surface area contributed by atoms with Gasteiger partial charge in [0.15, 0.2) is 5.16 Å². The van der Waals surface area contributed by atoms with Crippen molar-refractivity contribution in [3.8, 4) is 0 Å². The van der Waals surface area contributed by atoms with E-state index < -0.39 is 5.97 Å². The quantitative estimate of drug-likeness (QED) is 0.305. The molecule has 0 saturated heterocycles. The number of hydrazone groups is 1. The summed E-state index contributed by atoms with van der Waals surface area (Å²) in [5, 5.41) is 12.5. The Morgan fingerprint density at radius 2 is 2.19 bits per heavy atom. The van der Waals surface area contributed by atoms with Crippen LogP contribution in [-0.4, -0.2) is 32.4 Å². The van der Waals surface area contributed by atoms with Gasteiger partial charge >= 0.3 is 5.97 Å². The third-order valence-corrected chi connectivity index (χ3v) is 3.37. The lowest BCUT2D eigenvalue weighted by Gasteiger charge is -2.06. The zero-order chi connectivity index (χ0) is 15.1. The molecule has 0 atom stereocenters. The molecule has 0 aliphatic rings. The van der Waals surface area contributed by atoms with Crippen LogP contribution in [-0.2, 0) is 16.6 Å². The molecular formula is C13H15N5O2S. The summed E-state index contributed by atoms with van der Waals surface area (Å²) < 4.78 is 6.69. The van der Waals surface area contributed by atoms with Gasteiger partial charge < -0.3 is 9.30 Å². The van der Waals surface area contributed by atoms with E-state index in [9.17, 15) is 4.79 Å². The Morgan fingerprint density at radius 1 is 1.43 bits per heavy atom. The summed E-state index contributed by atoms with van der Waals surface area (Å²) in [6, 6.07) is 9.34. The Morgan fingerprint density at radius 3 is 2.81 bits per heavy atom. The summed E-state index contributed by atoms with van der Waals surface area (Å²) in [4.78, 5) is 11.9. The number of nitrogens with one attached hydrogen (secondary N) is 1. The number of aromatic nitrogens is 3. The molecule has 110 valence electrons. The minimum atomic E-state index is -0.506. The van der Waals surface area contributed by atoms with Crippen molar-refractivity contribution in [2.75, 3.05) is 12.0 Å². The number of anilines is 1. The van der Waals surface area contributed by atoms with E-state index in [1.165, 1.54) is 0 Å². The average molecular weight is 305 g/mol. The number of carbonyl (C=O) groups is 1. The van der Waals surface area contributed by atoms with E-state index >= 15 is 0 Å². The van der Waals surface area contributed by atoms with Gasteiger partial charge in [0.05, 0.1) is 12.3 Å². The first-order chi connectivity index (χ1) is 10.2. The van der Waals surface area contributed by atoms with Crippen LogP contribution in [0.4, 0.5) is 5.69 Å². The van der Waals surface area contributed by atoms with Crippen LogP contribution < -0.4 is 5.43 Å². The number of esters is 1. The van der Waals surface area contributed by atoms with Crippen LogP contribution in [0.25, 0.3) is 0 Å². The minimum Gasteiger partial charge on any atom is -0.461 e. The number of para-hydroxylation sites is 1. The Hall–Kier alpha value is -2.35. The summed E-state index contributed by atoms with van der Waals surface area (Å²) in [6.45, 7) is 2.02. The fraction of sp³-hybridized carbons (Fsp3) is 0.231. The second-order valence-electron chi connectivity index (χ2n) is 3.94. The highest BCUT2D eigenvalue weighted by atomic mass is 32.2. The summed E-state index contributed by atoms with van der Waals surface area (Å²) in [7, 11) is 1.79. The van der Waals surface area contributed by atoms with E-state index in [1.54, 1.807) is 24.9 Å². The van der Waals surface area contributed by atoms with Crippen LogP contribution in [0.1, 0.15) is 6.92 Å². The van der Waals surface area contributed by atoms with Gasteiger partial charge in [-0.3, -0.25) is 5.43 Å². The third kappa shape index (κ3) is 4.32. The second kappa shape index (κ2) is 7.44. The molecule has 0 saturated carbocycles. The summed E-state index contributed by atoms with van der Waals surface area (Å²) in [5.74, 6) is -0.506. The fourth-order valence-corrected chi connectivity index (χ4v) is 2.07. The van der Waals surface area contributed by atoms with Crippen molar-refractivity contribution in [2.45, 2.75) is 12.1 Å². The number of rotatable bonds is 4. The molecule has 0 bridgehead atoms. The van der Waals surface area contributed by atoms with Crippen LogP contribution in [0.2, 0.25) is 0 Å². The van der Waals surface area contributed by atoms with E-state index in [2.05, 4.69) is 20.7 Å². The van der Waals surface area contributed by atoms with Crippen molar-refractivity contribution in [1.82, 2.24) is 14.8 Å². The highest BCUT2D eigenvalue weighted by Gasteiger charge is 2.17. The van der Waals surface area contributed by atoms with Gasteiger partial charge in [0, 0.05) is 7.05 Å². The molecular weight excluding hydrogens is 290 g/mol. The monoisotopic (exact) mass is 305 g/mol. The number of benzene rings is 1. The first-order valence-electron chi connectivity index (χ1n) is 6.28. The lowest BCUT2D eigenvalue weighted by molar-refractivity contribution is -0.134. The molecule has 0 aliphatic carbocycles. The van der Waals surface area contributed by atoms with Crippen molar-refractivity contribution < 1.29 is 9.53 Å². The van der Waals surface area contributed by atoms with Crippen LogP contribution >= 0.6 is 11.8 Å². The Kier molecular flexibility index (Phi) is 5.33. The van der Waals surface area contributed by atoms with E-state index in [1.807, 2.05) is 30.3 Å². The number of ether oxygens (including phenoxy) is 1. The molecule has 8 heteroatoms. The van der Waals surface area contributed by atoms with E-state index in [0.717, 1.165) is 17.4 Å². The van der Waals surface area contributed by atoms with Crippen LogP contribution in [0.5, 0.6) is 0 Å². The molecule has 7 nitrogen and oxygen atoms in total. The average Bonchev–Trinajstić information content (AvgIpc) is 2.90. The number of thioether (sulfide) groups is 1. The smallest absolute Gasteiger partial charge is 0.365 e. The number of carbonyl (C=O) groups excluding carboxylic acids is 1. The summed E-state index contributed by atoms with van der Waals surface area (Å²) in [6.07, 6.45) is 1.55. The molecule has 0 unspecified atom stereocenters. The SMILES string of the molecule is CCOC(=O)/C(=N/Nc1ccccc1)Sc1nncn1C. The normalized spacial score (nSPS) is 11.2. The predicted octanol–water partition coefficient (Wildman–Crippen LogP) is 1.90. The first-order valence-corrected chi connectivity index (χ1v) is 7.10. The molecule has 0 spiro atoms. The van der Waals surface area contributed by atoms with E-state index in [4.69, 9.17) is 4.74 Å². The molecule has 21 heavy (non-hydrogen) atoms. The van der Waals surface area contributed by atoms with Crippen molar-refractivity contribution >= 4 is 28.5 Å². The molecule has 0 aliphatic heterocycles. The number of hydrogen-bond donors (Lipinski definition) is 1. The molecule has 1 N–H and O–H groups in total. The highest BCUT2D eigenvalue weighted by molar-refractivity contribution is 8.15. The molecule has 2 rings (SSSR count). The van der Waals surface area contributed by atoms with Crippen molar-refractivity contribution in [1.29, 1.82) is 0 Å². The fourth-order valence-electron chi connectivity index (χ4n) is 1.38. The van der Waals surface area contributed by atoms with Crippen LogP contribution in [0, 0.1) is 0 Å². The molecule has 0 amide bonds. The summed E-state index contributed by atoms with van der Waals surface area (Å²) >= 11 is 1.09. The standard InChI is InChI=1S/C13H15N5O2S/c1-3-20-12(19)11(21-13-17-14-9-18(13)2)16-15-10-7-5-4-6-8-10/h4-9,15H,3H2,1-2H3/b16-11-. The van der Waals surface area contributed by atoms with Crippen molar-refractivity contribution in [3.05, 3.63) is 36.7 Å². The van der Waals surface area contributed by atoms with Gasteiger partial charge in [-0.05, 0) is 30.8 Å². The Bertz CT molecular complexity index is 627. The zero-order valence-electron chi connectivity index (χ0n) is 11.7. The third-order valence-electron chi connectivity index (χ3n) is 2.37. The molecule has 0 fully saturated rings. The van der Waals surface area contributed by atoms with E-state index in [0.29, 0.717) is 5.16 Å². The minimum absolute atomic E-state index is 0.164.